The van der Waals surface area contributed by atoms with Crippen molar-refractivity contribution in [3.8, 4) is 11.1 Å². The molecule has 2 aliphatic heterocycles. The molecule has 2 saturated heterocycles. The molecule has 0 atom stereocenters. The molecule has 10 heteroatoms. The van der Waals surface area contributed by atoms with Gasteiger partial charge >= 0.3 is 19.3 Å². The van der Waals surface area contributed by atoms with Crippen molar-refractivity contribution >= 4 is 30.5 Å². The fraction of sp³-hybridized carbons (Fsp3) is 0.474. The maximum atomic E-state index is 13.4. The van der Waals surface area contributed by atoms with E-state index in [1.165, 1.54) is 22.3 Å². The van der Waals surface area contributed by atoms with Crippen LogP contribution < -0.4 is 10.8 Å². The first kappa shape index (κ1) is 34.0. The number of hydrogen-bond donors (Lipinski definition) is 1. The zero-order chi connectivity index (χ0) is 34.4. The molecule has 3 aliphatic rings. The summed E-state index contributed by atoms with van der Waals surface area (Å²) in [6, 6.07) is 20.7. The zero-order valence-electron chi connectivity index (χ0n) is 29.5. The Hall–Kier alpha value is -3.86. The molecule has 0 aromatic heterocycles. The van der Waals surface area contributed by atoms with Crippen molar-refractivity contribution in [3.63, 3.8) is 0 Å². The molecule has 0 unspecified atom stereocenters. The predicted octanol–water partition coefficient (Wildman–Crippen LogP) is 6.71. The second-order valence-corrected chi connectivity index (χ2v) is 15.1. The van der Waals surface area contributed by atoms with Gasteiger partial charge < -0.3 is 23.7 Å². The summed E-state index contributed by atoms with van der Waals surface area (Å²) >= 11 is 0. The lowest BCUT2D eigenvalue weighted by Crippen LogP contribution is -2.49. The summed E-state index contributed by atoms with van der Waals surface area (Å²) in [5.41, 5.74) is 6.53. The van der Waals surface area contributed by atoms with E-state index in [0.717, 1.165) is 16.6 Å². The molecule has 254 valence electrons. The van der Waals surface area contributed by atoms with Gasteiger partial charge in [0.15, 0.2) is 0 Å². The summed E-state index contributed by atoms with van der Waals surface area (Å²) in [5, 5.41) is 3.05. The third-order valence-electron chi connectivity index (χ3n) is 10.0. The van der Waals surface area contributed by atoms with E-state index in [4.69, 9.17) is 18.8 Å². The lowest BCUT2D eigenvalue weighted by Gasteiger charge is -2.35. The minimum absolute atomic E-state index is 0.0322. The summed E-state index contributed by atoms with van der Waals surface area (Å²) < 4.78 is 24.4. The maximum Gasteiger partial charge on any atom is 0.495 e. The van der Waals surface area contributed by atoms with Crippen LogP contribution in [0.2, 0.25) is 0 Å². The van der Waals surface area contributed by atoms with Crippen molar-refractivity contribution in [2.75, 3.05) is 38.1 Å². The number of benzene rings is 3. The highest BCUT2D eigenvalue weighted by Crippen LogP contribution is 2.44. The third kappa shape index (κ3) is 6.97. The summed E-state index contributed by atoms with van der Waals surface area (Å²) in [6.45, 7) is 19.2. The number of amides is 2. The molecule has 48 heavy (non-hydrogen) atoms. The number of carbonyl (C=O) groups excluding carboxylic acids is 2. The van der Waals surface area contributed by atoms with Crippen LogP contribution in [0.5, 0.6) is 0 Å². The highest BCUT2D eigenvalue weighted by atomic mass is 16.7. The molecule has 2 heterocycles. The Bertz CT molecular complexity index is 1630. The molecule has 1 N–H and O–H groups in total. The first-order valence-corrected chi connectivity index (χ1v) is 16.9. The molecule has 0 bridgehead atoms. The van der Waals surface area contributed by atoms with Crippen molar-refractivity contribution in [3.05, 3.63) is 82.9 Å². The van der Waals surface area contributed by atoms with E-state index in [1.54, 1.807) is 4.90 Å². The second-order valence-electron chi connectivity index (χ2n) is 15.1. The number of piperazine rings is 1. The number of anilines is 1. The van der Waals surface area contributed by atoms with Crippen LogP contribution in [0.4, 0.5) is 15.3 Å². The standard InChI is InChI=1S/C38H48BN3O6/c1-25-32(39-47-37(5,6)38(7,8)48-39)21-26(23-41-17-19-42(20-18-41)35(44)46-36(2,3)4)22-33(25)40-34(43)45-24-31-29-15-11-9-13-27(29)28-14-10-12-16-30(28)31/h9-16,21-22,31H,17-20,23-24H2,1-8H3,(H,40,43). The van der Waals surface area contributed by atoms with E-state index >= 15 is 0 Å². The number of carbonyl (C=O) groups is 2. The molecule has 9 nitrogen and oxygen atoms in total. The van der Waals surface area contributed by atoms with E-state index < -0.39 is 30.0 Å². The van der Waals surface area contributed by atoms with Crippen LogP contribution in [0, 0.1) is 6.92 Å². The van der Waals surface area contributed by atoms with Gasteiger partial charge in [0.25, 0.3) is 0 Å². The summed E-state index contributed by atoms with van der Waals surface area (Å²) in [5.74, 6) is -0.0322. The van der Waals surface area contributed by atoms with E-state index in [1.807, 2.05) is 85.7 Å². The molecular formula is C38H48BN3O6. The molecule has 1 aliphatic carbocycles. The van der Waals surface area contributed by atoms with E-state index in [0.29, 0.717) is 38.4 Å². The zero-order valence-corrected chi connectivity index (χ0v) is 29.5. The molecule has 3 aromatic carbocycles. The lowest BCUT2D eigenvalue weighted by molar-refractivity contribution is 0.00578. The summed E-state index contributed by atoms with van der Waals surface area (Å²) in [7, 11) is -0.595. The fourth-order valence-corrected chi connectivity index (χ4v) is 6.65. The van der Waals surface area contributed by atoms with Gasteiger partial charge in [-0.3, -0.25) is 10.2 Å². The molecular weight excluding hydrogens is 605 g/mol. The normalized spacial score (nSPS) is 18.8. The van der Waals surface area contributed by atoms with Gasteiger partial charge in [-0.25, -0.2) is 9.59 Å². The Kier molecular flexibility index (Phi) is 9.13. The van der Waals surface area contributed by atoms with Gasteiger partial charge in [-0.15, -0.1) is 0 Å². The number of rotatable bonds is 6. The monoisotopic (exact) mass is 653 g/mol. The van der Waals surface area contributed by atoms with Crippen LogP contribution >= 0.6 is 0 Å². The minimum Gasteiger partial charge on any atom is -0.448 e. The second kappa shape index (κ2) is 12.9. The van der Waals surface area contributed by atoms with Gasteiger partial charge in [-0.1, -0.05) is 54.6 Å². The third-order valence-corrected chi connectivity index (χ3v) is 10.0. The van der Waals surface area contributed by atoms with Crippen LogP contribution in [0.15, 0.2) is 60.7 Å². The number of hydrogen-bond acceptors (Lipinski definition) is 7. The highest BCUT2D eigenvalue weighted by Gasteiger charge is 2.52. The molecule has 0 saturated carbocycles. The van der Waals surface area contributed by atoms with Crippen molar-refractivity contribution < 1.29 is 28.4 Å². The molecule has 2 fully saturated rings. The van der Waals surface area contributed by atoms with Crippen molar-refractivity contribution in [2.45, 2.75) is 84.7 Å². The predicted molar refractivity (Wildman–Crippen MR) is 189 cm³/mol. The van der Waals surface area contributed by atoms with Gasteiger partial charge in [-0.2, -0.15) is 0 Å². The molecule has 0 spiro atoms. The number of nitrogens with zero attached hydrogens (tertiary/aromatic N) is 2. The Balaban J connectivity index is 1.19. The Labute approximate surface area is 285 Å². The Morgan fingerprint density at radius 2 is 1.46 bits per heavy atom. The molecule has 6 rings (SSSR count). The highest BCUT2D eigenvalue weighted by molar-refractivity contribution is 6.62. The smallest absolute Gasteiger partial charge is 0.448 e. The van der Waals surface area contributed by atoms with Gasteiger partial charge in [0.2, 0.25) is 0 Å². The van der Waals surface area contributed by atoms with Gasteiger partial charge in [0.1, 0.15) is 12.2 Å². The fourth-order valence-electron chi connectivity index (χ4n) is 6.65. The topological polar surface area (TPSA) is 89.6 Å². The minimum atomic E-state index is -0.595. The number of fused-ring (bicyclic) bond motifs is 3. The van der Waals surface area contributed by atoms with E-state index in [2.05, 4.69) is 40.5 Å². The van der Waals surface area contributed by atoms with Crippen molar-refractivity contribution in [1.82, 2.24) is 9.80 Å². The largest absolute Gasteiger partial charge is 0.495 e. The van der Waals surface area contributed by atoms with Crippen molar-refractivity contribution in [2.24, 2.45) is 0 Å². The Morgan fingerprint density at radius 3 is 2.02 bits per heavy atom. The van der Waals surface area contributed by atoms with Crippen molar-refractivity contribution in [1.29, 1.82) is 0 Å². The number of ether oxygens (including phenoxy) is 2. The first-order chi connectivity index (χ1) is 22.6. The Morgan fingerprint density at radius 1 is 0.896 bits per heavy atom. The van der Waals surface area contributed by atoms with Crippen LogP contribution in [0.1, 0.15) is 76.6 Å². The molecule has 2 amide bonds. The summed E-state index contributed by atoms with van der Waals surface area (Å²) in [6.07, 6.45) is -0.793. The molecule has 0 radical (unpaired) electrons. The molecule has 3 aromatic rings. The number of nitrogens with one attached hydrogen (secondary N) is 1. The van der Waals surface area contributed by atoms with E-state index in [9.17, 15) is 9.59 Å². The lowest BCUT2D eigenvalue weighted by atomic mass is 9.75. The quantitative estimate of drug-likeness (QED) is 0.296. The average molecular weight is 654 g/mol. The summed E-state index contributed by atoms with van der Waals surface area (Å²) in [4.78, 5) is 30.1. The SMILES string of the molecule is Cc1c(NC(=O)OCC2c3ccccc3-c3ccccc32)cc(CN2CCN(C(=O)OC(C)(C)C)CC2)cc1B1OC(C)(C)C(C)(C)O1. The van der Waals surface area contributed by atoms with Gasteiger partial charge in [-0.05, 0) is 100 Å². The van der Waals surface area contributed by atoms with Crippen LogP contribution in [-0.2, 0) is 25.3 Å². The van der Waals surface area contributed by atoms with E-state index in [-0.39, 0.29) is 18.6 Å². The van der Waals surface area contributed by atoms with Crippen LogP contribution in [0.25, 0.3) is 11.1 Å². The average Bonchev–Trinajstić information content (AvgIpc) is 3.45. The maximum absolute atomic E-state index is 13.4. The first-order valence-electron chi connectivity index (χ1n) is 16.9. The van der Waals surface area contributed by atoms with Gasteiger partial charge in [0.05, 0.1) is 11.2 Å². The van der Waals surface area contributed by atoms with Gasteiger partial charge in [0, 0.05) is 44.3 Å². The van der Waals surface area contributed by atoms with Crippen LogP contribution in [-0.4, -0.2) is 78.7 Å². The van der Waals surface area contributed by atoms with Crippen LogP contribution in [0.3, 0.4) is 0 Å².